The van der Waals surface area contributed by atoms with Crippen molar-refractivity contribution in [1.29, 1.82) is 0 Å². The van der Waals surface area contributed by atoms with Gasteiger partial charge in [0, 0.05) is 49.4 Å². The van der Waals surface area contributed by atoms with Gasteiger partial charge in [-0.15, -0.1) is 0 Å². The molecule has 1 N–H and O–H groups in total. The normalized spacial score (nSPS) is 14.2. The zero-order valence-electron chi connectivity index (χ0n) is 21.4. The molecule has 3 heterocycles. The molecule has 0 aliphatic carbocycles. The van der Waals surface area contributed by atoms with E-state index in [-0.39, 0.29) is 17.7 Å². The van der Waals surface area contributed by atoms with Gasteiger partial charge in [0.05, 0.1) is 35.1 Å². The van der Waals surface area contributed by atoms with E-state index in [0.29, 0.717) is 61.0 Å². The number of pyridine rings is 1. The fourth-order valence-corrected chi connectivity index (χ4v) is 5.64. The predicted octanol–water partition coefficient (Wildman–Crippen LogP) is 5.31. The molecule has 1 aliphatic heterocycles. The van der Waals surface area contributed by atoms with Crippen LogP contribution >= 0.6 is 23.1 Å². The molecule has 0 atom stereocenters. The van der Waals surface area contributed by atoms with Gasteiger partial charge in [-0.1, -0.05) is 11.6 Å². The van der Waals surface area contributed by atoms with E-state index in [4.69, 9.17) is 16.3 Å². The highest BCUT2D eigenvalue weighted by Crippen LogP contribution is 2.37. The van der Waals surface area contributed by atoms with Crippen molar-refractivity contribution in [3.8, 4) is 5.75 Å². The van der Waals surface area contributed by atoms with Crippen molar-refractivity contribution < 1.29 is 14.3 Å². The van der Waals surface area contributed by atoms with Crippen LogP contribution in [-0.4, -0.2) is 59.4 Å². The monoisotopic (exact) mass is 529 g/mol. The van der Waals surface area contributed by atoms with Gasteiger partial charge in [0.2, 0.25) is 5.91 Å². The first-order valence-corrected chi connectivity index (χ1v) is 13.4. The highest BCUT2D eigenvalue weighted by molar-refractivity contribution is 7.13. The molecule has 192 valence electrons. The number of aromatic nitrogens is 2. The van der Waals surface area contributed by atoms with Gasteiger partial charge in [0.25, 0.3) is 5.91 Å². The topological polar surface area (TPSA) is 87.7 Å². The van der Waals surface area contributed by atoms with Gasteiger partial charge in [-0.3, -0.25) is 9.59 Å². The lowest BCUT2D eigenvalue weighted by atomic mass is 9.94. The van der Waals surface area contributed by atoms with Gasteiger partial charge in [-0.2, -0.15) is 4.37 Å². The summed E-state index contributed by atoms with van der Waals surface area (Å²) < 4.78 is 9.91. The maximum Gasteiger partial charge on any atom is 0.257 e. The van der Waals surface area contributed by atoms with E-state index in [2.05, 4.69) is 19.6 Å². The summed E-state index contributed by atoms with van der Waals surface area (Å²) in [5, 5.41) is 4.55. The molecule has 36 heavy (non-hydrogen) atoms. The standard InChI is InChI=1S/C26H32ClN5O3S/c1-6-31(7-2)26(34)18-14-28-25-22(16(4)30-36-25)23(18)32-10-8-17(9-11-32)24(33)29-20-12-15(3)19(27)13-21(20)35-5/h12-14,17H,6-11H2,1-5H3,(H,29,33). The van der Waals surface area contributed by atoms with Crippen molar-refractivity contribution in [2.45, 2.75) is 40.5 Å². The molecule has 0 saturated carbocycles. The summed E-state index contributed by atoms with van der Waals surface area (Å²) in [4.78, 5) is 35.9. The van der Waals surface area contributed by atoms with Gasteiger partial charge in [-0.25, -0.2) is 4.98 Å². The molecule has 3 aromatic rings. The van der Waals surface area contributed by atoms with Crippen molar-refractivity contribution in [3.05, 3.63) is 40.2 Å². The molecule has 1 saturated heterocycles. The van der Waals surface area contributed by atoms with Crippen LogP contribution in [0.5, 0.6) is 5.75 Å². The predicted molar refractivity (Wildman–Crippen MR) is 146 cm³/mol. The number of halogens is 1. The van der Waals surface area contributed by atoms with Crippen LogP contribution in [0.4, 0.5) is 11.4 Å². The van der Waals surface area contributed by atoms with E-state index >= 15 is 0 Å². The van der Waals surface area contributed by atoms with Crippen molar-refractivity contribution in [3.63, 3.8) is 0 Å². The van der Waals surface area contributed by atoms with E-state index in [1.54, 1.807) is 19.4 Å². The lowest BCUT2D eigenvalue weighted by Crippen LogP contribution is -2.40. The molecule has 8 nitrogen and oxygen atoms in total. The van der Waals surface area contributed by atoms with Crippen LogP contribution in [0.3, 0.4) is 0 Å². The van der Waals surface area contributed by atoms with E-state index in [0.717, 1.165) is 27.2 Å². The Balaban J connectivity index is 1.56. The molecule has 10 heteroatoms. The first-order chi connectivity index (χ1) is 17.3. The SMILES string of the molecule is CCN(CC)C(=O)c1cnc2snc(C)c2c1N1CCC(C(=O)Nc2cc(C)c(Cl)cc2OC)CC1. The molecule has 0 bridgehead atoms. The van der Waals surface area contributed by atoms with Crippen LogP contribution in [0.1, 0.15) is 48.3 Å². The molecule has 1 aliphatic rings. The third-order valence-electron chi connectivity index (χ3n) is 6.85. The van der Waals surface area contributed by atoms with E-state index in [1.807, 2.05) is 38.7 Å². The van der Waals surface area contributed by atoms with Crippen molar-refractivity contribution in [2.24, 2.45) is 5.92 Å². The Morgan fingerprint density at radius 1 is 1.22 bits per heavy atom. The maximum absolute atomic E-state index is 13.4. The van der Waals surface area contributed by atoms with E-state index in [1.165, 1.54) is 11.5 Å². The molecule has 2 aromatic heterocycles. The van der Waals surface area contributed by atoms with Crippen LogP contribution in [0.2, 0.25) is 5.02 Å². The Bertz CT molecular complexity index is 1280. The van der Waals surface area contributed by atoms with Gasteiger partial charge in [-0.05, 0) is 63.7 Å². The summed E-state index contributed by atoms with van der Waals surface area (Å²) in [5.41, 5.74) is 3.84. The number of aryl methyl sites for hydroxylation is 2. The highest BCUT2D eigenvalue weighted by Gasteiger charge is 2.31. The van der Waals surface area contributed by atoms with Crippen LogP contribution in [0, 0.1) is 19.8 Å². The second-order valence-corrected chi connectivity index (χ2v) is 10.2. The number of carbonyl (C=O) groups excluding carboxylic acids is 2. The summed E-state index contributed by atoms with van der Waals surface area (Å²) in [7, 11) is 1.56. The van der Waals surface area contributed by atoms with Crippen LogP contribution < -0.4 is 15.0 Å². The Kier molecular flexibility index (Phi) is 8.00. The largest absolute Gasteiger partial charge is 0.495 e. The molecule has 2 amide bonds. The molecule has 1 aromatic carbocycles. The smallest absolute Gasteiger partial charge is 0.257 e. The molecule has 1 fully saturated rings. The summed E-state index contributed by atoms with van der Waals surface area (Å²) >= 11 is 7.55. The first-order valence-electron chi connectivity index (χ1n) is 12.2. The highest BCUT2D eigenvalue weighted by atomic mass is 35.5. The number of hydrogen-bond acceptors (Lipinski definition) is 7. The minimum atomic E-state index is -0.150. The number of piperidine rings is 1. The van der Waals surface area contributed by atoms with E-state index in [9.17, 15) is 9.59 Å². The number of ether oxygens (including phenoxy) is 1. The second-order valence-electron chi connectivity index (χ2n) is 9.00. The Labute approximate surface area is 220 Å². The number of nitrogens with zero attached hydrogens (tertiary/aromatic N) is 4. The van der Waals surface area contributed by atoms with Crippen LogP contribution in [0.25, 0.3) is 10.2 Å². The summed E-state index contributed by atoms with van der Waals surface area (Å²) in [6, 6.07) is 3.55. The lowest BCUT2D eigenvalue weighted by molar-refractivity contribution is -0.120. The zero-order valence-corrected chi connectivity index (χ0v) is 22.9. The summed E-state index contributed by atoms with van der Waals surface area (Å²) in [6.45, 7) is 10.4. The minimum Gasteiger partial charge on any atom is -0.495 e. The number of nitrogens with one attached hydrogen (secondary N) is 1. The third-order valence-corrected chi connectivity index (χ3v) is 8.10. The maximum atomic E-state index is 13.4. The van der Waals surface area contributed by atoms with Gasteiger partial charge in [0.15, 0.2) is 0 Å². The van der Waals surface area contributed by atoms with E-state index < -0.39 is 0 Å². The molecule has 4 rings (SSSR count). The number of rotatable bonds is 7. The van der Waals surface area contributed by atoms with Crippen LogP contribution in [0.15, 0.2) is 18.3 Å². The van der Waals surface area contributed by atoms with Crippen molar-refractivity contribution >= 4 is 56.5 Å². The molecular formula is C26H32ClN5O3S. The lowest BCUT2D eigenvalue weighted by Gasteiger charge is -2.35. The molecule has 0 radical (unpaired) electrons. The quantitative estimate of drug-likeness (QED) is 0.446. The Hall–Kier alpha value is -2.91. The average molecular weight is 530 g/mol. The minimum absolute atomic E-state index is 0.0277. The molecular weight excluding hydrogens is 498 g/mol. The number of benzene rings is 1. The number of methoxy groups -OCH3 is 1. The number of hydrogen-bond donors (Lipinski definition) is 1. The average Bonchev–Trinajstić information content (AvgIpc) is 3.27. The summed E-state index contributed by atoms with van der Waals surface area (Å²) in [6.07, 6.45) is 3.02. The second kappa shape index (κ2) is 11.0. The number of carbonyl (C=O) groups is 2. The molecule has 0 unspecified atom stereocenters. The van der Waals surface area contributed by atoms with Crippen molar-refractivity contribution in [1.82, 2.24) is 14.3 Å². The Morgan fingerprint density at radius 3 is 2.56 bits per heavy atom. The summed E-state index contributed by atoms with van der Waals surface area (Å²) in [5.74, 6) is 0.320. The number of fused-ring (bicyclic) bond motifs is 1. The fourth-order valence-electron chi connectivity index (χ4n) is 4.73. The first kappa shape index (κ1) is 26.2. The Morgan fingerprint density at radius 2 is 1.92 bits per heavy atom. The third kappa shape index (κ3) is 4.99. The number of anilines is 2. The zero-order chi connectivity index (χ0) is 26.0. The van der Waals surface area contributed by atoms with Gasteiger partial charge >= 0.3 is 0 Å². The van der Waals surface area contributed by atoms with Gasteiger partial charge in [0.1, 0.15) is 10.6 Å². The van der Waals surface area contributed by atoms with Crippen LogP contribution in [-0.2, 0) is 4.79 Å². The van der Waals surface area contributed by atoms with Gasteiger partial charge < -0.3 is 19.9 Å². The fraction of sp³-hybridized carbons (Fsp3) is 0.462. The number of amides is 2. The van der Waals surface area contributed by atoms with Crippen molar-refractivity contribution in [2.75, 3.05) is 43.5 Å². The molecule has 0 spiro atoms.